The first-order chi connectivity index (χ1) is 8.75. The fourth-order valence-electron chi connectivity index (χ4n) is 2.30. The lowest BCUT2D eigenvalue weighted by Gasteiger charge is -2.26. The van der Waals surface area contributed by atoms with Crippen molar-refractivity contribution in [3.8, 4) is 5.75 Å². The first-order valence-corrected chi connectivity index (χ1v) is 7.28. The number of halogens is 1. The molecule has 0 amide bonds. The van der Waals surface area contributed by atoms with Crippen LogP contribution in [0.25, 0.3) is 0 Å². The van der Waals surface area contributed by atoms with Crippen molar-refractivity contribution in [3.63, 3.8) is 0 Å². The second-order valence-electron chi connectivity index (χ2n) is 4.94. The highest BCUT2D eigenvalue weighted by molar-refractivity contribution is 6.20. The van der Waals surface area contributed by atoms with E-state index in [2.05, 4.69) is 4.90 Å². The van der Waals surface area contributed by atoms with E-state index in [9.17, 15) is 0 Å². The molecule has 0 aromatic heterocycles. The number of ether oxygens (including phenoxy) is 1. The normalized spacial score (nSPS) is 18.6. The molecule has 18 heavy (non-hydrogen) atoms. The van der Waals surface area contributed by atoms with E-state index >= 15 is 0 Å². The van der Waals surface area contributed by atoms with Gasteiger partial charge in [0.25, 0.3) is 0 Å². The van der Waals surface area contributed by atoms with Gasteiger partial charge in [-0.3, -0.25) is 4.90 Å². The molecule has 3 heteroatoms. The SMILES string of the molecule is CC(Cl)c1ccc(OCCN2CCCCC2)cc1. The third kappa shape index (κ3) is 4.18. The van der Waals surface area contributed by atoms with E-state index in [0.717, 1.165) is 24.5 Å². The Morgan fingerprint density at radius 2 is 1.83 bits per heavy atom. The summed E-state index contributed by atoms with van der Waals surface area (Å²) < 4.78 is 5.76. The van der Waals surface area contributed by atoms with Crippen LogP contribution < -0.4 is 4.74 Å². The van der Waals surface area contributed by atoms with Gasteiger partial charge in [-0.25, -0.2) is 0 Å². The van der Waals surface area contributed by atoms with Crippen LogP contribution in [0.15, 0.2) is 24.3 Å². The molecule has 1 atom stereocenters. The van der Waals surface area contributed by atoms with Gasteiger partial charge in [0.05, 0.1) is 5.38 Å². The van der Waals surface area contributed by atoms with Crippen LogP contribution in [0.5, 0.6) is 5.75 Å². The molecule has 1 aliphatic heterocycles. The minimum Gasteiger partial charge on any atom is -0.492 e. The van der Waals surface area contributed by atoms with Crippen molar-refractivity contribution >= 4 is 11.6 Å². The molecule has 1 unspecified atom stereocenters. The maximum Gasteiger partial charge on any atom is 0.119 e. The van der Waals surface area contributed by atoms with E-state index in [-0.39, 0.29) is 5.38 Å². The van der Waals surface area contributed by atoms with Gasteiger partial charge >= 0.3 is 0 Å². The lowest BCUT2D eigenvalue weighted by molar-refractivity contribution is 0.183. The van der Waals surface area contributed by atoms with Crippen LogP contribution in [0.1, 0.15) is 37.1 Å². The maximum absolute atomic E-state index is 6.01. The first-order valence-electron chi connectivity index (χ1n) is 6.85. The number of nitrogens with zero attached hydrogens (tertiary/aromatic N) is 1. The van der Waals surface area contributed by atoms with Crippen molar-refractivity contribution in [1.82, 2.24) is 4.90 Å². The molecule has 0 bridgehead atoms. The number of benzene rings is 1. The summed E-state index contributed by atoms with van der Waals surface area (Å²) in [6, 6.07) is 8.08. The first kappa shape index (κ1) is 13.7. The Balaban J connectivity index is 1.72. The molecular weight excluding hydrogens is 246 g/mol. The zero-order valence-corrected chi connectivity index (χ0v) is 11.8. The van der Waals surface area contributed by atoms with E-state index in [1.54, 1.807) is 0 Å². The fraction of sp³-hybridized carbons (Fsp3) is 0.600. The van der Waals surface area contributed by atoms with Crippen LogP contribution >= 0.6 is 11.6 Å². The Hall–Kier alpha value is -0.730. The van der Waals surface area contributed by atoms with E-state index in [1.807, 2.05) is 31.2 Å². The van der Waals surface area contributed by atoms with Gasteiger partial charge in [-0.15, -0.1) is 11.6 Å². The second-order valence-corrected chi connectivity index (χ2v) is 5.59. The summed E-state index contributed by atoms with van der Waals surface area (Å²) >= 11 is 6.01. The lowest BCUT2D eigenvalue weighted by Crippen LogP contribution is -2.33. The van der Waals surface area contributed by atoms with Gasteiger partial charge < -0.3 is 4.74 Å². The Morgan fingerprint density at radius 1 is 1.17 bits per heavy atom. The van der Waals surface area contributed by atoms with Crippen LogP contribution in [0.3, 0.4) is 0 Å². The quantitative estimate of drug-likeness (QED) is 0.752. The van der Waals surface area contributed by atoms with Gasteiger partial charge in [-0.1, -0.05) is 18.6 Å². The van der Waals surface area contributed by atoms with Crippen LogP contribution in [-0.2, 0) is 0 Å². The molecule has 2 rings (SSSR count). The van der Waals surface area contributed by atoms with Gasteiger partial charge in [0.2, 0.25) is 0 Å². The number of hydrogen-bond acceptors (Lipinski definition) is 2. The molecule has 1 aliphatic rings. The molecule has 0 radical (unpaired) electrons. The molecule has 1 fully saturated rings. The van der Waals surface area contributed by atoms with Gasteiger partial charge in [-0.05, 0) is 50.6 Å². The van der Waals surface area contributed by atoms with Crippen molar-refractivity contribution in [2.45, 2.75) is 31.6 Å². The van der Waals surface area contributed by atoms with Crippen molar-refractivity contribution in [2.24, 2.45) is 0 Å². The van der Waals surface area contributed by atoms with Crippen LogP contribution in [0, 0.1) is 0 Å². The van der Waals surface area contributed by atoms with Gasteiger partial charge in [-0.2, -0.15) is 0 Å². The van der Waals surface area contributed by atoms with Crippen LogP contribution in [0.4, 0.5) is 0 Å². The van der Waals surface area contributed by atoms with Crippen molar-refractivity contribution in [3.05, 3.63) is 29.8 Å². The molecule has 0 aliphatic carbocycles. The van der Waals surface area contributed by atoms with Crippen molar-refractivity contribution < 1.29 is 4.74 Å². The molecular formula is C15H22ClNO. The van der Waals surface area contributed by atoms with Crippen LogP contribution in [0.2, 0.25) is 0 Å². The minimum absolute atomic E-state index is 0.0624. The van der Waals surface area contributed by atoms with Crippen LogP contribution in [-0.4, -0.2) is 31.1 Å². The van der Waals surface area contributed by atoms with Crippen molar-refractivity contribution in [1.29, 1.82) is 0 Å². The summed E-state index contributed by atoms with van der Waals surface area (Å²) in [4.78, 5) is 2.48. The Kier molecular flexibility index (Phi) is 5.33. The summed E-state index contributed by atoms with van der Waals surface area (Å²) in [5.74, 6) is 0.938. The minimum atomic E-state index is 0.0624. The van der Waals surface area contributed by atoms with Gasteiger partial charge in [0, 0.05) is 6.54 Å². The second kappa shape index (κ2) is 7.01. The van der Waals surface area contributed by atoms with Crippen molar-refractivity contribution in [2.75, 3.05) is 26.2 Å². The van der Waals surface area contributed by atoms with Gasteiger partial charge in [0.1, 0.15) is 12.4 Å². The third-order valence-corrected chi connectivity index (χ3v) is 3.72. The standard InChI is InChI=1S/C15H22ClNO/c1-13(16)14-5-7-15(8-6-14)18-12-11-17-9-3-2-4-10-17/h5-8,13H,2-4,9-12H2,1H3. The monoisotopic (exact) mass is 267 g/mol. The molecule has 1 aromatic rings. The summed E-state index contributed by atoms with van der Waals surface area (Å²) in [5, 5.41) is 0.0624. The summed E-state index contributed by atoms with van der Waals surface area (Å²) in [5.41, 5.74) is 1.14. The van der Waals surface area contributed by atoms with E-state index in [0.29, 0.717) is 0 Å². The predicted molar refractivity (Wildman–Crippen MR) is 76.5 cm³/mol. The molecule has 100 valence electrons. The number of rotatable bonds is 5. The number of alkyl halides is 1. The molecule has 2 nitrogen and oxygen atoms in total. The number of piperidine rings is 1. The topological polar surface area (TPSA) is 12.5 Å². The zero-order chi connectivity index (χ0) is 12.8. The highest BCUT2D eigenvalue weighted by Crippen LogP contribution is 2.21. The molecule has 1 saturated heterocycles. The molecule has 1 aromatic carbocycles. The lowest BCUT2D eigenvalue weighted by atomic mass is 10.1. The summed E-state index contributed by atoms with van der Waals surface area (Å²) in [7, 11) is 0. The highest BCUT2D eigenvalue weighted by Gasteiger charge is 2.09. The van der Waals surface area contributed by atoms with E-state index in [4.69, 9.17) is 16.3 Å². The fourth-order valence-corrected chi connectivity index (χ4v) is 2.45. The maximum atomic E-state index is 6.01. The molecule has 0 saturated carbocycles. The number of likely N-dealkylation sites (tertiary alicyclic amines) is 1. The van der Waals surface area contributed by atoms with Gasteiger partial charge in [0.15, 0.2) is 0 Å². The third-order valence-electron chi connectivity index (χ3n) is 3.46. The zero-order valence-electron chi connectivity index (χ0n) is 11.1. The molecule has 0 spiro atoms. The van der Waals surface area contributed by atoms with E-state index < -0.39 is 0 Å². The average molecular weight is 268 g/mol. The Labute approximate surface area is 115 Å². The average Bonchev–Trinajstić information content (AvgIpc) is 2.40. The Bertz CT molecular complexity index is 344. The summed E-state index contributed by atoms with van der Waals surface area (Å²) in [6.45, 7) is 6.25. The predicted octanol–water partition coefficient (Wildman–Crippen LogP) is 3.85. The smallest absolute Gasteiger partial charge is 0.119 e. The molecule has 0 N–H and O–H groups in total. The Morgan fingerprint density at radius 3 is 2.44 bits per heavy atom. The highest BCUT2D eigenvalue weighted by atomic mass is 35.5. The molecule has 1 heterocycles. The number of hydrogen-bond donors (Lipinski definition) is 0. The summed E-state index contributed by atoms with van der Waals surface area (Å²) in [6.07, 6.45) is 4.06. The largest absolute Gasteiger partial charge is 0.492 e. The van der Waals surface area contributed by atoms with E-state index in [1.165, 1.54) is 32.4 Å².